The van der Waals surface area contributed by atoms with Crippen LogP contribution in [0.25, 0.3) is 0 Å². The van der Waals surface area contributed by atoms with Gasteiger partial charge in [-0.1, -0.05) is 39.1 Å². The monoisotopic (exact) mass is 373 g/mol. The van der Waals surface area contributed by atoms with Gasteiger partial charge in [0, 0.05) is 22.1 Å². The molecule has 0 aromatic heterocycles. The van der Waals surface area contributed by atoms with Crippen LogP contribution in [-0.2, 0) is 0 Å². The maximum atomic E-state index is 6.00. The van der Waals surface area contributed by atoms with E-state index in [-0.39, 0.29) is 6.04 Å². The van der Waals surface area contributed by atoms with Gasteiger partial charge in [-0.2, -0.15) is 0 Å². The van der Waals surface area contributed by atoms with Crippen molar-refractivity contribution in [1.82, 2.24) is 5.32 Å². The van der Waals surface area contributed by atoms with E-state index in [4.69, 9.17) is 27.9 Å². The molecule has 2 aromatic rings. The summed E-state index contributed by atoms with van der Waals surface area (Å²) in [4.78, 5) is 0. The smallest absolute Gasteiger partial charge is 0.132 e. The minimum atomic E-state index is 0.172. The molecule has 20 heavy (non-hydrogen) atoms. The maximum absolute atomic E-state index is 6.00. The molecule has 0 saturated heterocycles. The molecule has 0 amide bonds. The number of benzene rings is 2. The first-order valence-electron chi connectivity index (χ1n) is 6.11. The van der Waals surface area contributed by atoms with Gasteiger partial charge in [0.2, 0.25) is 0 Å². The van der Waals surface area contributed by atoms with Crippen LogP contribution in [0.2, 0.25) is 10.0 Å². The van der Waals surface area contributed by atoms with Crippen molar-refractivity contribution in [1.29, 1.82) is 0 Å². The van der Waals surface area contributed by atoms with E-state index >= 15 is 0 Å². The number of ether oxygens (including phenoxy) is 1. The first kappa shape index (κ1) is 15.6. The van der Waals surface area contributed by atoms with Crippen molar-refractivity contribution in [2.24, 2.45) is 0 Å². The molecule has 2 nitrogen and oxygen atoms in total. The van der Waals surface area contributed by atoms with Gasteiger partial charge < -0.3 is 10.1 Å². The van der Waals surface area contributed by atoms with Crippen LogP contribution in [0.1, 0.15) is 18.5 Å². The normalized spacial score (nSPS) is 12.2. The zero-order valence-corrected chi connectivity index (χ0v) is 14.2. The van der Waals surface area contributed by atoms with Crippen LogP contribution < -0.4 is 10.1 Å². The van der Waals surface area contributed by atoms with Gasteiger partial charge in [0.15, 0.2) is 0 Å². The molecular formula is C15H14BrCl2NO. The van der Waals surface area contributed by atoms with E-state index in [1.54, 1.807) is 18.2 Å². The highest BCUT2D eigenvalue weighted by atomic mass is 79.9. The SMILES string of the molecule is CNC(C)c1cc(Br)ccc1Oc1ccc(Cl)c(Cl)c1. The molecule has 1 unspecified atom stereocenters. The Labute approximate surface area is 137 Å². The summed E-state index contributed by atoms with van der Waals surface area (Å²) in [5.74, 6) is 1.44. The van der Waals surface area contributed by atoms with Gasteiger partial charge >= 0.3 is 0 Å². The Hall–Kier alpha value is -0.740. The molecule has 0 spiro atoms. The van der Waals surface area contributed by atoms with Crippen molar-refractivity contribution in [2.75, 3.05) is 7.05 Å². The zero-order valence-electron chi connectivity index (χ0n) is 11.1. The summed E-state index contributed by atoms with van der Waals surface area (Å²) in [7, 11) is 1.91. The minimum Gasteiger partial charge on any atom is -0.457 e. The summed E-state index contributed by atoms with van der Waals surface area (Å²) in [6, 6.07) is 11.3. The number of rotatable bonds is 4. The number of halogens is 3. The molecule has 2 aromatic carbocycles. The third-order valence-corrected chi connectivity index (χ3v) is 4.22. The van der Waals surface area contributed by atoms with Crippen molar-refractivity contribution in [3.05, 3.63) is 56.5 Å². The van der Waals surface area contributed by atoms with E-state index in [1.165, 1.54) is 0 Å². The predicted octanol–water partition coefficient (Wildman–Crippen LogP) is 5.83. The van der Waals surface area contributed by atoms with Crippen molar-refractivity contribution in [3.63, 3.8) is 0 Å². The Bertz CT molecular complexity index is 619. The summed E-state index contributed by atoms with van der Waals surface area (Å²) in [5.41, 5.74) is 1.06. The Morgan fingerprint density at radius 3 is 2.50 bits per heavy atom. The highest BCUT2D eigenvalue weighted by Gasteiger charge is 2.12. The molecule has 0 aliphatic heterocycles. The van der Waals surface area contributed by atoms with Crippen molar-refractivity contribution in [2.45, 2.75) is 13.0 Å². The van der Waals surface area contributed by atoms with E-state index in [2.05, 4.69) is 28.2 Å². The van der Waals surface area contributed by atoms with Crippen molar-refractivity contribution < 1.29 is 4.74 Å². The number of nitrogens with one attached hydrogen (secondary N) is 1. The number of hydrogen-bond donors (Lipinski definition) is 1. The van der Waals surface area contributed by atoms with Crippen LogP contribution in [0.15, 0.2) is 40.9 Å². The van der Waals surface area contributed by atoms with Crippen LogP contribution in [0.3, 0.4) is 0 Å². The molecule has 0 aliphatic carbocycles. The van der Waals surface area contributed by atoms with E-state index in [1.807, 2.05) is 25.2 Å². The lowest BCUT2D eigenvalue weighted by atomic mass is 10.1. The third kappa shape index (κ3) is 3.67. The Morgan fingerprint density at radius 2 is 1.85 bits per heavy atom. The largest absolute Gasteiger partial charge is 0.457 e. The van der Waals surface area contributed by atoms with E-state index in [9.17, 15) is 0 Å². The Morgan fingerprint density at radius 1 is 1.10 bits per heavy atom. The summed E-state index contributed by atoms with van der Waals surface area (Å²) < 4.78 is 6.93. The highest BCUT2D eigenvalue weighted by Crippen LogP contribution is 2.34. The van der Waals surface area contributed by atoms with Gasteiger partial charge in [-0.05, 0) is 44.3 Å². The standard InChI is InChI=1S/C15H14BrCl2NO/c1-9(19-2)12-7-10(16)3-6-15(12)20-11-4-5-13(17)14(18)8-11/h3-9,19H,1-2H3. The molecule has 0 bridgehead atoms. The molecule has 5 heteroatoms. The second kappa shape index (κ2) is 6.81. The van der Waals surface area contributed by atoms with Gasteiger partial charge in [0.1, 0.15) is 11.5 Å². The minimum absolute atomic E-state index is 0.172. The Balaban J connectivity index is 2.35. The summed E-state index contributed by atoms with van der Waals surface area (Å²) in [5, 5.41) is 4.20. The first-order valence-corrected chi connectivity index (χ1v) is 7.65. The van der Waals surface area contributed by atoms with Crippen LogP contribution in [0.5, 0.6) is 11.5 Å². The molecule has 0 heterocycles. The van der Waals surface area contributed by atoms with Gasteiger partial charge in [-0.25, -0.2) is 0 Å². The zero-order chi connectivity index (χ0) is 14.7. The third-order valence-electron chi connectivity index (χ3n) is 2.99. The molecule has 2 rings (SSSR count). The quantitative estimate of drug-likeness (QED) is 0.726. The van der Waals surface area contributed by atoms with Crippen molar-refractivity contribution in [3.8, 4) is 11.5 Å². The fourth-order valence-electron chi connectivity index (χ4n) is 1.77. The molecule has 1 N–H and O–H groups in total. The lowest BCUT2D eigenvalue weighted by molar-refractivity contribution is 0.466. The van der Waals surface area contributed by atoms with Crippen LogP contribution in [0, 0.1) is 0 Å². The summed E-state index contributed by atoms with van der Waals surface area (Å²) >= 11 is 15.4. The molecular weight excluding hydrogens is 361 g/mol. The topological polar surface area (TPSA) is 21.3 Å². The molecule has 1 atom stereocenters. The molecule has 0 radical (unpaired) electrons. The van der Waals surface area contributed by atoms with Crippen molar-refractivity contribution >= 4 is 39.1 Å². The lowest BCUT2D eigenvalue weighted by Crippen LogP contribution is -2.13. The summed E-state index contributed by atoms with van der Waals surface area (Å²) in [6.45, 7) is 2.07. The second-order valence-electron chi connectivity index (χ2n) is 4.37. The fourth-order valence-corrected chi connectivity index (χ4v) is 2.44. The average molecular weight is 375 g/mol. The molecule has 0 aliphatic rings. The second-order valence-corrected chi connectivity index (χ2v) is 6.10. The Kier molecular flexibility index (Phi) is 5.33. The van der Waals surface area contributed by atoms with Gasteiger partial charge in [0.05, 0.1) is 10.0 Å². The average Bonchev–Trinajstić information content (AvgIpc) is 2.44. The van der Waals surface area contributed by atoms with E-state index in [0.29, 0.717) is 15.8 Å². The molecule has 0 fully saturated rings. The van der Waals surface area contributed by atoms with Gasteiger partial charge in [0.25, 0.3) is 0 Å². The van der Waals surface area contributed by atoms with Crippen LogP contribution in [0.4, 0.5) is 0 Å². The highest BCUT2D eigenvalue weighted by molar-refractivity contribution is 9.10. The predicted molar refractivity (Wildman–Crippen MR) is 88.2 cm³/mol. The number of hydrogen-bond acceptors (Lipinski definition) is 2. The van der Waals surface area contributed by atoms with Crippen LogP contribution in [-0.4, -0.2) is 7.05 Å². The van der Waals surface area contributed by atoms with Gasteiger partial charge in [-0.3, -0.25) is 0 Å². The molecule has 0 saturated carbocycles. The van der Waals surface area contributed by atoms with E-state index in [0.717, 1.165) is 15.8 Å². The summed E-state index contributed by atoms with van der Waals surface area (Å²) in [6.07, 6.45) is 0. The van der Waals surface area contributed by atoms with Gasteiger partial charge in [-0.15, -0.1) is 0 Å². The maximum Gasteiger partial charge on any atom is 0.132 e. The lowest BCUT2D eigenvalue weighted by Gasteiger charge is -2.17. The fraction of sp³-hybridized carbons (Fsp3) is 0.200. The van der Waals surface area contributed by atoms with E-state index < -0.39 is 0 Å². The first-order chi connectivity index (χ1) is 9.51. The molecule has 106 valence electrons. The van der Waals surface area contributed by atoms with Crippen LogP contribution >= 0.6 is 39.1 Å².